The van der Waals surface area contributed by atoms with Gasteiger partial charge in [-0.3, -0.25) is 9.59 Å². The van der Waals surface area contributed by atoms with E-state index in [1.807, 2.05) is 54.6 Å². The topological polar surface area (TPSA) is 54.3 Å². The van der Waals surface area contributed by atoms with Gasteiger partial charge in [0.1, 0.15) is 0 Å². The Balaban J connectivity index is 1.67. The van der Waals surface area contributed by atoms with Gasteiger partial charge in [0.15, 0.2) is 0 Å². The molecule has 1 aromatic carbocycles. The number of aromatic nitrogens is 1. The van der Waals surface area contributed by atoms with Gasteiger partial charge in [0.2, 0.25) is 11.8 Å². The van der Waals surface area contributed by atoms with Gasteiger partial charge in [-0.15, -0.1) is 0 Å². The minimum absolute atomic E-state index is 0.0367. The van der Waals surface area contributed by atoms with Gasteiger partial charge in [-0.2, -0.15) is 0 Å². The molecule has 5 heteroatoms. The second kappa shape index (κ2) is 7.38. The molecule has 3 rings (SSSR count). The number of benzene rings is 1. The highest BCUT2D eigenvalue weighted by atomic mass is 16.2. The van der Waals surface area contributed by atoms with E-state index in [1.165, 1.54) is 12.6 Å². The third kappa shape index (κ3) is 3.99. The monoisotopic (exact) mass is 337 g/mol. The molecule has 1 N–H and O–H groups in total. The molecule has 1 aliphatic rings. The van der Waals surface area contributed by atoms with Crippen LogP contribution < -0.4 is 5.32 Å². The minimum Gasteiger partial charge on any atom is -0.353 e. The fraction of sp³-hybridized carbons (Fsp3) is 0.300. The van der Waals surface area contributed by atoms with Crippen LogP contribution in [0.4, 0.5) is 5.69 Å². The molecule has 1 aliphatic heterocycles. The van der Waals surface area contributed by atoms with Gasteiger partial charge in [-0.1, -0.05) is 12.1 Å². The summed E-state index contributed by atoms with van der Waals surface area (Å²) >= 11 is 0. The van der Waals surface area contributed by atoms with Crippen LogP contribution in [-0.2, 0) is 16.6 Å². The molecule has 1 fully saturated rings. The first kappa shape index (κ1) is 17.0. The molecule has 1 unspecified atom stereocenters. The molecule has 1 atom stereocenters. The lowest BCUT2D eigenvalue weighted by molar-refractivity contribution is -0.127. The van der Waals surface area contributed by atoms with Gasteiger partial charge in [-0.05, 0) is 48.7 Å². The van der Waals surface area contributed by atoms with Gasteiger partial charge < -0.3 is 14.8 Å². The number of carbonyl (C=O) groups is 2. The van der Waals surface area contributed by atoms with E-state index in [-0.39, 0.29) is 17.9 Å². The number of nitrogens with one attached hydrogen (secondary N) is 1. The summed E-state index contributed by atoms with van der Waals surface area (Å²) in [5.74, 6) is -0.0612. The van der Waals surface area contributed by atoms with E-state index in [4.69, 9.17) is 0 Å². The highest BCUT2D eigenvalue weighted by Gasteiger charge is 2.29. The highest BCUT2D eigenvalue weighted by Crippen LogP contribution is 2.32. The van der Waals surface area contributed by atoms with Crippen molar-refractivity contribution in [1.29, 1.82) is 0 Å². The van der Waals surface area contributed by atoms with Crippen molar-refractivity contribution < 1.29 is 9.59 Å². The van der Waals surface area contributed by atoms with Gasteiger partial charge in [0.05, 0.1) is 6.04 Å². The Labute approximate surface area is 147 Å². The first-order valence-electron chi connectivity index (χ1n) is 8.52. The highest BCUT2D eigenvalue weighted by molar-refractivity contribution is 5.92. The van der Waals surface area contributed by atoms with Crippen LogP contribution in [0, 0.1) is 0 Å². The van der Waals surface area contributed by atoms with Gasteiger partial charge in [0, 0.05) is 44.2 Å². The predicted octanol–water partition coefficient (Wildman–Crippen LogP) is 3.36. The molecular formula is C20H23N3O2. The third-order valence-corrected chi connectivity index (χ3v) is 4.51. The average Bonchev–Trinajstić information content (AvgIpc) is 3.21. The minimum atomic E-state index is -0.0979. The van der Waals surface area contributed by atoms with E-state index < -0.39 is 0 Å². The van der Waals surface area contributed by atoms with E-state index in [0.29, 0.717) is 0 Å². The Morgan fingerprint density at radius 1 is 1.20 bits per heavy atom. The molecule has 0 radical (unpaired) electrons. The van der Waals surface area contributed by atoms with E-state index in [0.717, 1.165) is 30.6 Å². The molecule has 1 saturated heterocycles. The van der Waals surface area contributed by atoms with Crippen molar-refractivity contribution in [2.75, 3.05) is 11.9 Å². The number of amides is 2. The normalized spacial score (nSPS) is 17.2. The van der Waals surface area contributed by atoms with Crippen LogP contribution in [0.2, 0.25) is 0 Å². The molecule has 2 amide bonds. The van der Waals surface area contributed by atoms with Crippen LogP contribution in [0.15, 0.2) is 48.7 Å². The summed E-state index contributed by atoms with van der Waals surface area (Å²) in [6.45, 7) is 2.27. The summed E-state index contributed by atoms with van der Waals surface area (Å²) in [6, 6.07) is 11.7. The van der Waals surface area contributed by atoms with Crippen LogP contribution in [0.25, 0.3) is 6.08 Å². The lowest BCUT2D eigenvalue weighted by Crippen LogP contribution is -2.29. The van der Waals surface area contributed by atoms with E-state index in [1.54, 1.807) is 6.08 Å². The van der Waals surface area contributed by atoms with Crippen molar-refractivity contribution in [3.05, 3.63) is 59.9 Å². The summed E-state index contributed by atoms with van der Waals surface area (Å²) in [4.78, 5) is 25.6. The molecule has 2 heterocycles. The number of anilines is 1. The first-order valence-corrected chi connectivity index (χ1v) is 8.52. The quantitative estimate of drug-likeness (QED) is 0.870. The molecule has 5 nitrogen and oxygen atoms in total. The molecule has 0 spiro atoms. The molecule has 130 valence electrons. The van der Waals surface area contributed by atoms with Crippen molar-refractivity contribution in [1.82, 2.24) is 9.47 Å². The largest absolute Gasteiger partial charge is 0.353 e. The maximum absolute atomic E-state index is 12.6. The zero-order chi connectivity index (χ0) is 17.8. The fourth-order valence-corrected chi connectivity index (χ4v) is 3.30. The van der Waals surface area contributed by atoms with Crippen LogP contribution in [0.3, 0.4) is 0 Å². The van der Waals surface area contributed by atoms with Crippen LogP contribution >= 0.6 is 0 Å². The van der Waals surface area contributed by atoms with Crippen molar-refractivity contribution in [3.8, 4) is 0 Å². The Hall–Kier alpha value is -2.82. The molecule has 2 aromatic rings. The maximum Gasteiger partial charge on any atom is 0.247 e. The maximum atomic E-state index is 12.6. The Morgan fingerprint density at radius 2 is 1.96 bits per heavy atom. The number of aryl methyl sites for hydroxylation is 1. The number of rotatable bonds is 4. The van der Waals surface area contributed by atoms with Crippen molar-refractivity contribution in [2.24, 2.45) is 7.05 Å². The van der Waals surface area contributed by atoms with Gasteiger partial charge in [-0.25, -0.2) is 0 Å². The zero-order valence-electron chi connectivity index (χ0n) is 14.6. The molecular weight excluding hydrogens is 314 g/mol. The molecule has 0 aliphatic carbocycles. The Kier molecular flexibility index (Phi) is 5.03. The molecule has 0 saturated carbocycles. The lowest BCUT2D eigenvalue weighted by atomic mass is 10.1. The summed E-state index contributed by atoms with van der Waals surface area (Å²) in [7, 11) is 2.02. The second-order valence-electron chi connectivity index (χ2n) is 6.37. The SMILES string of the molecule is CC(=O)Nc1ccc(C=CC(=O)N2CCCC2c2cccn2C)cc1. The summed E-state index contributed by atoms with van der Waals surface area (Å²) in [5.41, 5.74) is 2.86. The second-order valence-corrected chi connectivity index (χ2v) is 6.37. The number of carbonyl (C=O) groups excluding carboxylic acids is 2. The summed E-state index contributed by atoms with van der Waals surface area (Å²) in [5, 5.41) is 2.73. The van der Waals surface area contributed by atoms with Crippen LogP contribution in [-0.4, -0.2) is 27.8 Å². The lowest BCUT2D eigenvalue weighted by Gasteiger charge is -2.24. The van der Waals surface area contributed by atoms with Gasteiger partial charge in [0.25, 0.3) is 0 Å². The van der Waals surface area contributed by atoms with Crippen molar-refractivity contribution >= 4 is 23.6 Å². The van der Waals surface area contributed by atoms with Crippen molar-refractivity contribution in [3.63, 3.8) is 0 Å². The van der Waals surface area contributed by atoms with Crippen molar-refractivity contribution in [2.45, 2.75) is 25.8 Å². The Morgan fingerprint density at radius 3 is 2.60 bits per heavy atom. The number of hydrogen-bond donors (Lipinski definition) is 1. The first-order chi connectivity index (χ1) is 12.0. The third-order valence-electron chi connectivity index (χ3n) is 4.51. The predicted molar refractivity (Wildman–Crippen MR) is 98.9 cm³/mol. The van der Waals surface area contributed by atoms with E-state index in [2.05, 4.69) is 16.0 Å². The van der Waals surface area contributed by atoms with Crippen LogP contribution in [0.5, 0.6) is 0 Å². The molecule has 0 bridgehead atoms. The molecule has 25 heavy (non-hydrogen) atoms. The summed E-state index contributed by atoms with van der Waals surface area (Å²) in [6.07, 6.45) is 7.50. The Bertz CT molecular complexity index is 790. The smallest absolute Gasteiger partial charge is 0.247 e. The summed E-state index contributed by atoms with van der Waals surface area (Å²) < 4.78 is 2.08. The fourth-order valence-electron chi connectivity index (χ4n) is 3.30. The zero-order valence-corrected chi connectivity index (χ0v) is 14.6. The number of hydrogen-bond acceptors (Lipinski definition) is 2. The van der Waals surface area contributed by atoms with Gasteiger partial charge >= 0.3 is 0 Å². The number of likely N-dealkylation sites (tertiary alicyclic amines) is 1. The van der Waals surface area contributed by atoms with Crippen LogP contribution in [0.1, 0.15) is 37.1 Å². The molecule has 1 aromatic heterocycles. The van der Waals surface area contributed by atoms with E-state index in [9.17, 15) is 9.59 Å². The number of nitrogens with zero attached hydrogens (tertiary/aromatic N) is 2. The van der Waals surface area contributed by atoms with E-state index >= 15 is 0 Å². The standard InChI is InChI=1S/C20H23N3O2/c1-15(24)21-17-10-7-16(8-11-17)9-12-20(25)23-14-4-6-19(23)18-5-3-13-22(18)2/h3,5,7-13,19H,4,6,14H2,1-2H3,(H,21,24). The average molecular weight is 337 g/mol.